The molecule has 0 spiro atoms. The summed E-state index contributed by atoms with van der Waals surface area (Å²) in [6, 6.07) is 15.6. The van der Waals surface area contributed by atoms with Crippen molar-refractivity contribution in [2.45, 2.75) is 25.6 Å². The maximum absolute atomic E-state index is 11.2. The summed E-state index contributed by atoms with van der Waals surface area (Å²) in [7, 11) is 1.64. The van der Waals surface area contributed by atoms with Crippen LogP contribution < -0.4 is 14.2 Å². The number of aliphatic hydroxyl groups is 1. The van der Waals surface area contributed by atoms with E-state index in [-0.39, 0.29) is 13.2 Å². The van der Waals surface area contributed by atoms with Crippen molar-refractivity contribution in [1.82, 2.24) is 14.7 Å². The van der Waals surface area contributed by atoms with Crippen LogP contribution in [0, 0.1) is 6.92 Å². The van der Waals surface area contributed by atoms with Crippen LogP contribution in [0.2, 0.25) is 0 Å². The van der Waals surface area contributed by atoms with Gasteiger partial charge in [0.2, 0.25) is 0 Å². The summed E-state index contributed by atoms with van der Waals surface area (Å²) < 4.78 is 24.9. The van der Waals surface area contributed by atoms with Crippen molar-refractivity contribution in [2.75, 3.05) is 46.6 Å². The van der Waals surface area contributed by atoms with Gasteiger partial charge in [-0.25, -0.2) is 0 Å². The average molecular weight is 468 g/mol. The van der Waals surface area contributed by atoms with E-state index in [0.29, 0.717) is 44.3 Å². The molecule has 1 atom stereocenters. The van der Waals surface area contributed by atoms with Gasteiger partial charge >= 0.3 is 0 Å². The molecule has 34 heavy (non-hydrogen) atoms. The molecular formula is C26H33N3O5. The highest BCUT2D eigenvalue weighted by Gasteiger charge is 2.33. The van der Waals surface area contributed by atoms with Gasteiger partial charge in [-0.1, -0.05) is 23.8 Å². The number of benzene rings is 2. The molecule has 2 aromatic carbocycles. The molecule has 0 amide bonds. The third-order valence-corrected chi connectivity index (χ3v) is 5.74. The first-order valence-electron chi connectivity index (χ1n) is 11.5. The Bertz CT molecular complexity index is 1030. The minimum atomic E-state index is -1.10. The SMILES string of the molecule is COc1cc(CN2CCOC[C@@](O)(COc3ccc(C)cc3)C2)ccc1OCCn1cccn1. The minimum absolute atomic E-state index is 0.166. The fraction of sp³-hybridized carbons (Fsp3) is 0.423. The smallest absolute Gasteiger partial charge is 0.161 e. The number of methoxy groups -OCH3 is 1. The monoisotopic (exact) mass is 467 g/mol. The summed E-state index contributed by atoms with van der Waals surface area (Å²) >= 11 is 0. The van der Waals surface area contributed by atoms with Crippen molar-refractivity contribution < 1.29 is 24.1 Å². The topological polar surface area (TPSA) is 78.2 Å². The van der Waals surface area contributed by atoms with E-state index in [2.05, 4.69) is 10.00 Å². The summed E-state index contributed by atoms with van der Waals surface area (Å²) in [5.41, 5.74) is 1.14. The van der Waals surface area contributed by atoms with Gasteiger partial charge in [0.25, 0.3) is 0 Å². The molecule has 3 aromatic rings. The molecule has 8 heteroatoms. The molecule has 182 valence electrons. The van der Waals surface area contributed by atoms with E-state index < -0.39 is 5.60 Å². The Hall–Kier alpha value is -3.07. The zero-order valence-electron chi connectivity index (χ0n) is 19.9. The molecule has 1 aliphatic heterocycles. The van der Waals surface area contributed by atoms with E-state index in [1.54, 1.807) is 13.3 Å². The van der Waals surface area contributed by atoms with Crippen LogP contribution >= 0.6 is 0 Å². The maximum atomic E-state index is 11.2. The number of nitrogens with zero attached hydrogens (tertiary/aromatic N) is 3. The summed E-state index contributed by atoms with van der Waals surface area (Å²) in [6.07, 6.45) is 3.65. The van der Waals surface area contributed by atoms with Gasteiger partial charge in [-0.2, -0.15) is 5.10 Å². The Morgan fingerprint density at radius 2 is 1.97 bits per heavy atom. The summed E-state index contributed by atoms with van der Waals surface area (Å²) in [5.74, 6) is 2.12. The van der Waals surface area contributed by atoms with Gasteiger partial charge in [-0.15, -0.1) is 0 Å². The number of aryl methyl sites for hydroxylation is 1. The van der Waals surface area contributed by atoms with Crippen molar-refractivity contribution in [2.24, 2.45) is 0 Å². The van der Waals surface area contributed by atoms with E-state index >= 15 is 0 Å². The Balaban J connectivity index is 1.34. The van der Waals surface area contributed by atoms with E-state index in [0.717, 1.165) is 17.9 Å². The first-order valence-corrected chi connectivity index (χ1v) is 11.5. The van der Waals surface area contributed by atoms with Crippen LogP contribution in [0.15, 0.2) is 60.9 Å². The van der Waals surface area contributed by atoms with Gasteiger partial charge in [0.15, 0.2) is 11.5 Å². The molecule has 1 aromatic heterocycles. The molecule has 2 heterocycles. The first-order chi connectivity index (χ1) is 16.5. The first kappa shape index (κ1) is 24.1. The normalized spacial score (nSPS) is 18.9. The third-order valence-electron chi connectivity index (χ3n) is 5.74. The Morgan fingerprint density at radius 3 is 2.74 bits per heavy atom. The molecular weight excluding hydrogens is 434 g/mol. The summed E-state index contributed by atoms with van der Waals surface area (Å²) in [6.45, 7) is 5.97. The minimum Gasteiger partial charge on any atom is -0.493 e. The van der Waals surface area contributed by atoms with E-state index in [1.165, 1.54) is 5.56 Å². The number of β-amino-alcohol motifs (C(OH)–C–C–N with tert-alkyl or cyclic N) is 1. The standard InChI is InChI=1S/C26H33N3O5/c1-21-4-7-23(8-5-21)34-20-26(30)18-28(12-14-32-19-26)17-22-6-9-24(25(16-22)31-2)33-15-13-29-11-3-10-27-29/h3-11,16,30H,12-15,17-20H2,1-2H3/t26-/m1/s1. The lowest BCUT2D eigenvalue weighted by Crippen LogP contribution is -2.48. The summed E-state index contributed by atoms with van der Waals surface area (Å²) in [5, 5.41) is 15.4. The maximum Gasteiger partial charge on any atom is 0.161 e. The molecule has 8 nitrogen and oxygen atoms in total. The molecule has 0 bridgehead atoms. The van der Waals surface area contributed by atoms with Gasteiger partial charge in [0, 0.05) is 32.0 Å². The highest BCUT2D eigenvalue weighted by molar-refractivity contribution is 5.43. The fourth-order valence-corrected chi connectivity index (χ4v) is 3.94. The van der Waals surface area contributed by atoms with Gasteiger partial charge in [-0.05, 0) is 42.8 Å². The molecule has 0 radical (unpaired) electrons. The molecule has 1 N–H and O–H groups in total. The second-order valence-corrected chi connectivity index (χ2v) is 8.69. The zero-order chi connectivity index (χ0) is 23.8. The van der Waals surface area contributed by atoms with Gasteiger partial charge in [0.1, 0.15) is 24.6 Å². The van der Waals surface area contributed by atoms with Crippen LogP contribution in [-0.2, 0) is 17.8 Å². The van der Waals surface area contributed by atoms with Crippen molar-refractivity contribution in [1.29, 1.82) is 0 Å². The number of aromatic nitrogens is 2. The number of hydrogen-bond acceptors (Lipinski definition) is 7. The molecule has 1 fully saturated rings. The molecule has 0 saturated carbocycles. The van der Waals surface area contributed by atoms with Crippen LogP contribution in [0.25, 0.3) is 0 Å². The highest BCUT2D eigenvalue weighted by Crippen LogP contribution is 2.29. The van der Waals surface area contributed by atoms with Gasteiger partial charge < -0.3 is 24.1 Å². The van der Waals surface area contributed by atoms with Crippen LogP contribution in [0.5, 0.6) is 17.2 Å². The Labute approximate surface area is 200 Å². The molecule has 0 unspecified atom stereocenters. The summed E-state index contributed by atoms with van der Waals surface area (Å²) in [4.78, 5) is 2.18. The molecule has 1 aliphatic rings. The number of hydrogen-bond donors (Lipinski definition) is 1. The third kappa shape index (κ3) is 6.72. The van der Waals surface area contributed by atoms with Crippen molar-refractivity contribution in [3.63, 3.8) is 0 Å². The number of ether oxygens (including phenoxy) is 4. The largest absolute Gasteiger partial charge is 0.493 e. The number of rotatable bonds is 10. The predicted octanol–water partition coefficient (Wildman–Crippen LogP) is 2.92. The van der Waals surface area contributed by atoms with Crippen molar-refractivity contribution in [3.8, 4) is 17.2 Å². The molecule has 0 aliphatic carbocycles. The van der Waals surface area contributed by atoms with Crippen molar-refractivity contribution >= 4 is 0 Å². The lowest BCUT2D eigenvalue weighted by Gasteiger charge is -2.30. The second kappa shape index (κ2) is 11.4. The van der Waals surface area contributed by atoms with E-state index in [4.69, 9.17) is 18.9 Å². The predicted molar refractivity (Wildman–Crippen MR) is 128 cm³/mol. The van der Waals surface area contributed by atoms with E-state index in [1.807, 2.05) is 66.3 Å². The van der Waals surface area contributed by atoms with Crippen LogP contribution in [0.4, 0.5) is 0 Å². The fourth-order valence-electron chi connectivity index (χ4n) is 3.94. The van der Waals surface area contributed by atoms with E-state index in [9.17, 15) is 5.11 Å². The van der Waals surface area contributed by atoms with Crippen LogP contribution in [0.1, 0.15) is 11.1 Å². The highest BCUT2D eigenvalue weighted by atomic mass is 16.5. The lowest BCUT2D eigenvalue weighted by atomic mass is 10.1. The van der Waals surface area contributed by atoms with Gasteiger partial charge in [-0.3, -0.25) is 9.58 Å². The van der Waals surface area contributed by atoms with Gasteiger partial charge in [0.05, 0.1) is 26.9 Å². The quantitative estimate of drug-likeness (QED) is 0.491. The zero-order valence-corrected chi connectivity index (χ0v) is 19.9. The Kier molecular flexibility index (Phi) is 8.05. The Morgan fingerprint density at radius 1 is 1.12 bits per heavy atom. The molecule has 1 saturated heterocycles. The van der Waals surface area contributed by atoms with Crippen molar-refractivity contribution in [3.05, 3.63) is 72.1 Å². The lowest BCUT2D eigenvalue weighted by molar-refractivity contribution is -0.0646. The van der Waals surface area contributed by atoms with Crippen LogP contribution in [0.3, 0.4) is 0 Å². The van der Waals surface area contributed by atoms with Crippen LogP contribution in [-0.4, -0.2) is 72.0 Å². The second-order valence-electron chi connectivity index (χ2n) is 8.69. The molecule has 4 rings (SSSR count). The average Bonchev–Trinajstić information content (AvgIpc) is 3.29.